The molecule has 0 bridgehead atoms. The third-order valence-electron chi connectivity index (χ3n) is 6.58. The van der Waals surface area contributed by atoms with Crippen LogP contribution in [0, 0.1) is 11.6 Å². The Morgan fingerprint density at radius 3 is 2.81 bits per heavy atom. The smallest absolute Gasteiger partial charge is 0.309 e. The van der Waals surface area contributed by atoms with Crippen LogP contribution in [0.4, 0.5) is 8.78 Å². The second kappa shape index (κ2) is 6.99. The van der Waals surface area contributed by atoms with Gasteiger partial charge in [-0.05, 0) is 35.8 Å². The number of allylic oxidation sites excluding steroid dienone is 1. The van der Waals surface area contributed by atoms with Gasteiger partial charge in [0.1, 0.15) is 5.60 Å². The minimum Gasteiger partial charge on any atom is -0.465 e. The molecule has 0 N–H and O–H groups in total. The normalized spacial score (nSPS) is 23.1. The van der Waals surface area contributed by atoms with E-state index in [4.69, 9.17) is 9.47 Å². The first-order chi connectivity index (χ1) is 14.9. The summed E-state index contributed by atoms with van der Waals surface area (Å²) in [5.41, 5.74) is 4.71. The van der Waals surface area contributed by atoms with E-state index in [1.54, 1.807) is 7.11 Å². The third kappa shape index (κ3) is 2.91. The van der Waals surface area contributed by atoms with Crippen LogP contribution >= 0.6 is 0 Å². The summed E-state index contributed by atoms with van der Waals surface area (Å²) in [5, 5.41) is 0.550. The van der Waals surface area contributed by atoms with Crippen molar-refractivity contribution in [3.63, 3.8) is 0 Å². The van der Waals surface area contributed by atoms with Gasteiger partial charge >= 0.3 is 5.97 Å². The Labute approximate surface area is 178 Å². The van der Waals surface area contributed by atoms with Crippen LogP contribution in [0.25, 0.3) is 16.6 Å². The molecule has 3 aliphatic rings. The zero-order valence-corrected chi connectivity index (χ0v) is 17.4. The average Bonchev–Trinajstić information content (AvgIpc) is 3.09. The first kappa shape index (κ1) is 19.9. The zero-order valence-electron chi connectivity index (χ0n) is 17.4. The molecule has 2 aromatic rings. The van der Waals surface area contributed by atoms with Gasteiger partial charge in [-0.1, -0.05) is 13.5 Å². The molecule has 1 unspecified atom stereocenters. The molecule has 0 spiro atoms. The van der Waals surface area contributed by atoms with Crippen LogP contribution in [0.5, 0.6) is 0 Å². The van der Waals surface area contributed by atoms with E-state index in [0.29, 0.717) is 36.0 Å². The molecule has 5 rings (SSSR count). The largest absolute Gasteiger partial charge is 0.465 e. The van der Waals surface area contributed by atoms with Crippen molar-refractivity contribution < 1.29 is 23.0 Å². The monoisotopic (exact) mass is 424 g/mol. The second-order valence-electron chi connectivity index (χ2n) is 8.11. The van der Waals surface area contributed by atoms with Crippen LogP contribution in [0.2, 0.25) is 0 Å². The number of esters is 1. The lowest BCUT2D eigenvalue weighted by atomic mass is 9.79. The molecule has 0 aliphatic carbocycles. The number of pyridine rings is 1. The van der Waals surface area contributed by atoms with E-state index in [2.05, 4.69) is 16.5 Å². The van der Waals surface area contributed by atoms with Gasteiger partial charge in [0, 0.05) is 36.2 Å². The third-order valence-corrected chi connectivity index (χ3v) is 6.58. The van der Waals surface area contributed by atoms with Gasteiger partial charge in [0.25, 0.3) is 0 Å². The van der Waals surface area contributed by atoms with E-state index in [9.17, 15) is 13.6 Å². The summed E-state index contributed by atoms with van der Waals surface area (Å²) in [6.45, 7) is 7.12. The van der Waals surface area contributed by atoms with Crippen LogP contribution in [-0.2, 0) is 20.8 Å². The number of benzene rings is 1. The van der Waals surface area contributed by atoms with Crippen LogP contribution in [0.1, 0.15) is 37.4 Å². The second-order valence-corrected chi connectivity index (χ2v) is 8.11. The number of ether oxygens (including phenoxy) is 2. The number of methoxy groups -OCH3 is 1. The van der Waals surface area contributed by atoms with Gasteiger partial charge in [0.15, 0.2) is 11.6 Å². The predicted octanol–water partition coefficient (Wildman–Crippen LogP) is 4.63. The SMILES string of the molecule is C=C1C2=C(C=C3c4nc5cc(F)c(F)cc5cc4CN13)C(CC)(OC)CC(=O)OCC2. The Morgan fingerprint density at radius 1 is 1.29 bits per heavy atom. The summed E-state index contributed by atoms with van der Waals surface area (Å²) in [5.74, 6) is -2.12. The highest BCUT2D eigenvalue weighted by Crippen LogP contribution is 2.47. The van der Waals surface area contributed by atoms with E-state index in [1.807, 2.05) is 19.1 Å². The van der Waals surface area contributed by atoms with Crippen molar-refractivity contribution in [2.24, 2.45) is 0 Å². The lowest BCUT2D eigenvalue weighted by molar-refractivity contribution is -0.149. The number of halogens is 2. The van der Waals surface area contributed by atoms with E-state index < -0.39 is 17.2 Å². The molecule has 1 aromatic heterocycles. The van der Waals surface area contributed by atoms with Crippen molar-refractivity contribution in [1.29, 1.82) is 0 Å². The summed E-state index contributed by atoms with van der Waals surface area (Å²) in [7, 11) is 1.60. The van der Waals surface area contributed by atoms with Gasteiger partial charge in [-0.15, -0.1) is 0 Å². The number of nitrogens with zero attached hydrogens (tertiary/aromatic N) is 2. The number of rotatable bonds is 2. The van der Waals surface area contributed by atoms with Crippen molar-refractivity contribution in [1.82, 2.24) is 9.88 Å². The molecule has 0 radical (unpaired) electrons. The van der Waals surface area contributed by atoms with E-state index in [1.165, 1.54) is 6.07 Å². The number of fused-ring (bicyclic) bond motifs is 4. The Kier molecular flexibility index (Phi) is 4.48. The molecule has 1 aromatic carbocycles. The molecule has 0 saturated heterocycles. The van der Waals surface area contributed by atoms with E-state index >= 15 is 0 Å². The van der Waals surface area contributed by atoms with E-state index in [-0.39, 0.29) is 19.0 Å². The van der Waals surface area contributed by atoms with Crippen LogP contribution in [0.3, 0.4) is 0 Å². The lowest BCUT2D eigenvalue weighted by Gasteiger charge is -2.40. The van der Waals surface area contributed by atoms with Gasteiger partial charge in [-0.25, -0.2) is 13.8 Å². The van der Waals surface area contributed by atoms with Gasteiger partial charge in [0.2, 0.25) is 0 Å². The average molecular weight is 424 g/mol. The van der Waals surface area contributed by atoms with Crippen molar-refractivity contribution in [2.45, 2.75) is 38.3 Å². The van der Waals surface area contributed by atoms with Gasteiger partial charge in [0.05, 0.1) is 36.5 Å². The van der Waals surface area contributed by atoms with Crippen molar-refractivity contribution in [3.05, 3.63) is 70.6 Å². The lowest BCUT2D eigenvalue weighted by Crippen LogP contribution is -2.40. The minimum absolute atomic E-state index is 0.110. The first-order valence-electron chi connectivity index (χ1n) is 10.3. The molecule has 0 saturated carbocycles. The van der Waals surface area contributed by atoms with Gasteiger partial charge in [-0.3, -0.25) is 4.79 Å². The van der Waals surface area contributed by atoms with Crippen molar-refractivity contribution >= 4 is 22.6 Å². The Bertz CT molecular complexity index is 1210. The molecular formula is C24H22F2N2O3. The molecule has 31 heavy (non-hydrogen) atoms. The fourth-order valence-electron chi connectivity index (χ4n) is 4.84. The number of aromatic nitrogens is 1. The summed E-state index contributed by atoms with van der Waals surface area (Å²) in [4.78, 5) is 19.0. The molecule has 4 heterocycles. The van der Waals surface area contributed by atoms with Gasteiger partial charge < -0.3 is 14.4 Å². The number of hydrogen-bond acceptors (Lipinski definition) is 5. The van der Waals surface area contributed by atoms with E-state index in [0.717, 1.165) is 34.2 Å². The maximum atomic E-state index is 13.8. The highest BCUT2D eigenvalue weighted by molar-refractivity contribution is 5.86. The number of hydrogen-bond donors (Lipinski definition) is 0. The summed E-state index contributed by atoms with van der Waals surface area (Å²) >= 11 is 0. The van der Waals surface area contributed by atoms with Crippen molar-refractivity contribution in [3.8, 4) is 0 Å². The quantitative estimate of drug-likeness (QED) is 0.659. The number of cyclic esters (lactones) is 1. The maximum Gasteiger partial charge on any atom is 0.309 e. The Morgan fingerprint density at radius 2 is 2.06 bits per heavy atom. The Balaban J connectivity index is 1.71. The number of carbonyl (C=O) groups is 1. The number of carbonyl (C=O) groups excluding carboxylic acids is 1. The summed E-state index contributed by atoms with van der Waals surface area (Å²) in [6.07, 6.45) is 3.24. The van der Waals surface area contributed by atoms with Crippen LogP contribution in [-0.4, -0.2) is 35.2 Å². The molecular weight excluding hydrogens is 402 g/mol. The molecule has 3 aliphatic heterocycles. The highest BCUT2D eigenvalue weighted by Gasteiger charge is 2.43. The molecule has 1 atom stereocenters. The maximum absolute atomic E-state index is 13.8. The first-order valence-corrected chi connectivity index (χ1v) is 10.3. The van der Waals surface area contributed by atoms with Crippen LogP contribution < -0.4 is 0 Å². The molecule has 0 amide bonds. The summed E-state index contributed by atoms with van der Waals surface area (Å²) in [6, 6.07) is 4.14. The molecule has 0 fully saturated rings. The molecule has 7 heteroatoms. The standard InChI is InChI=1S/C24H22F2N2O3/c1-4-24(30-3)11-22(29)31-6-5-16-13(2)28-12-15-7-14-8-18(25)19(26)10-20(14)27-23(15)21(28)9-17(16)24/h7-10H,2,4-6,11-12H2,1,3H3. The molecule has 160 valence electrons. The van der Waals surface area contributed by atoms with Crippen LogP contribution in [0.15, 0.2) is 47.7 Å². The fraction of sp³-hybridized carbons (Fsp3) is 0.333. The fourth-order valence-corrected chi connectivity index (χ4v) is 4.84. The highest BCUT2D eigenvalue weighted by atomic mass is 19.2. The van der Waals surface area contributed by atoms with Gasteiger partial charge in [-0.2, -0.15) is 0 Å². The minimum atomic E-state index is -0.926. The Hall–Kier alpha value is -3.06. The van der Waals surface area contributed by atoms with Crippen molar-refractivity contribution in [2.75, 3.05) is 13.7 Å². The topological polar surface area (TPSA) is 51.7 Å². The molecule has 5 nitrogen and oxygen atoms in total. The predicted molar refractivity (Wildman–Crippen MR) is 112 cm³/mol. The zero-order chi connectivity index (χ0) is 21.9. The summed E-state index contributed by atoms with van der Waals surface area (Å²) < 4.78 is 38.8.